The van der Waals surface area contributed by atoms with E-state index in [4.69, 9.17) is 15.7 Å². The summed E-state index contributed by atoms with van der Waals surface area (Å²) in [4.78, 5) is 0. The fourth-order valence-corrected chi connectivity index (χ4v) is 8.97. The van der Waals surface area contributed by atoms with Crippen LogP contribution in [0.4, 0.5) is 0 Å². The molecule has 5 heteroatoms. The van der Waals surface area contributed by atoms with Crippen LogP contribution in [0.2, 0.25) is 0 Å². The number of hydrogen-bond acceptors (Lipinski definition) is 4. The molecule has 4 atom stereocenters. The van der Waals surface area contributed by atoms with E-state index in [0.29, 0.717) is 37.2 Å². The zero-order valence-electron chi connectivity index (χ0n) is 42.8. The number of fused-ring (bicyclic) bond motifs is 2. The summed E-state index contributed by atoms with van der Waals surface area (Å²) in [6, 6.07) is 17.2. The van der Waals surface area contributed by atoms with Gasteiger partial charge in [-0.1, -0.05) is 189 Å². The SMILES string of the molecule is C=C/C(=C\C=C\B(/C(=C\NC1=CC(C(C)(C)C)C(C(C)(C)C)C=C1)C(CC(=C)C(C)(C)C)N/C1=C/C=C\COc2ccccc2C1)c1cc2cc(C(C)(C)C)ccc2o1)C(C)CCCC. The number of para-hydroxylation sites is 1. The standard InChI is InChI=1S/C60H83BN2O2/c1-17-19-25-42(3)44(18-2)27-24-34-61(56-39-46-37-47(58(8,9)10)30-33-55(46)65-56)52(41-62-48-31-32-50(59(11,12)13)51(40-48)60(14,15)16)53(36-43(4)57(5,6)7)63-49-28-22-23-35-64-54-29-21-20-26-45(54)38-49/h18,20-24,26-34,37,39-42,50-51,53,62-63H,2,4,17,19,25,35-36,38H2,1,3,5-16H3/b23-22-,34-24+,44-27+,49-28+,52-41-. The van der Waals surface area contributed by atoms with Crippen LogP contribution in [0.5, 0.6) is 5.75 Å². The lowest BCUT2D eigenvalue weighted by Crippen LogP contribution is -2.43. The van der Waals surface area contributed by atoms with Crippen molar-refractivity contribution < 1.29 is 9.15 Å². The zero-order valence-corrected chi connectivity index (χ0v) is 42.8. The average Bonchev–Trinajstić information content (AvgIpc) is 3.69. The minimum Gasteiger partial charge on any atom is -0.489 e. The molecule has 0 fully saturated rings. The summed E-state index contributed by atoms with van der Waals surface area (Å²) in [5.41, 5.74) is 10.1. The lowest BCUT2D eigenvalue weighted by atomic mass is 9.40. The second kappa shape index (κ2) is 21.6. The maximum atomic E-state index is 7.00. The number of ether oxygens (including phenoxy) is 1. The molecule has 3 aromatic rings. The van der Waals surface area contributed by atoms with Gasteiger partial charge in [0, 0.05) is 29.2 Å². The molecule has 2 N–H and O–H groups in total. The molecule has 2 aromatic carbocycles. The van der Waals surface area contributed by atoms with Gasteiger partial charge in [-0.15, -0.1) is 5.98 Å². The third-order valence-electron chi connectivity index (χ3n) is 13.5. The van der Waals surface area contributed by atoms with Gasteiger partial charge in [-0.2, -0.15) is 0 Å². The second-order valence-corrected chi connectivity index (χ2v) is 23.0. The molecule has 65 heavy (non-hydrogen) atoms. The van der Waals surface area contributed by atoms with Crippen molar-refractivity contribution in [1.82, 2.24) is 10.6 Å². The Kier molecular flexibility index (Phi) is 17.0. The highest BCUT2D eigenvalue weighted by molar-refractivity contribution is 6.83. The molecule has 5 rings (SSSR count). The van der Waals surface area contributed by atoms with Crippen molar-refractivity contribution in [2.45, 2.75) is 140 Å². The maximum absolute atomic E-state index is 7.00. The highest BCUT2D eigenvalue weighted by Crippen LogP contribution is 2.45. The molecule has 0 saturated carbocycles. The summed E-state index contributed by atoms with van der Waals surface area (Å²) in [5, 5.41) is 9.18. The average molecular weight is 875 g/mol. The molecule has 4 nitrogen and oxygen atoms in total. The summed E-state index contributed by atoms with van der Waals surface area (Å²) in [6.07, 6.45) is 27.3. The van der Waals surface area contributed by atoms with Crippen molar-refractivity contribution in [1.29, 1.82) is 0 Å². The van der Waals surface area contributed by atoms with E-state index in [-0.39, 0.29) is 34.4 Å². The second-order valence-electron chi connectivity index (χ2n) is 23.0. The molecule has 4 unspecified atom stereocenters. The van der Waals surface area contributed by atoms with Crippen LogP contribution in [-0.2, 0) is 11.8 Å². The first-order valence-corrected chi connectivity index (χ1v) is 24.4. The fourth-order valence-electron chi connectivity index (χ4n) is 8.97. The highest BCUT2D eigenvalue weighted by atomic mass is 16.5. The van der Waals surface area contributed by atoms with Gasteiger partial charge >= 0.3 is 0 Å². The van der Waals surface area contributed by atoms with E-state index in [1.165, 1.54) is 29.6 Å². The van der Waals surface area contributed by atoms with Crippen LogP contribution in [0.1, 0.15) is 134 Å². The molecule has 348 valence electrons. The smallest absolute Gasteiger partial charge is 0.279 e. The Morgan fingerprint density at radius 1 is 0.938 bits per heavy atom. The summed E-state index contributed by atoms with van der Waals surface area (Å²) in [5.74, 6) is 4.41. The molecule has 1 aliphatic carbocycles. The Morgan fingerprint density at radius 3 is 2.32 bits per heavy atom. The van der Waals surface area contributed by atoms with Crippen molar-refractivity contribution in [3.05, 3.63) is 168 Å². The number of nitrogens with one attached hydrogen (secondary N) is 2. The van der Waals surface area contributed by atoms with Crippen LogP contribution >= 0.6 is 0 Å². The third-order valence-corrected chi connectivity index (χ3v) is 13.5. The molecule has 2 aliphatic rings. The largest absolute Gasteiger partial charge is 0.489 e. The van der Waals surface area contributed by atoms with Crippen molar-refractivity contribution in [2.24, 2.45) is 34.0 Å². The van der Waals surface area contributed by atoms with E-state index in [9.17, 15) is 0 Å². The minimum absolute atomic E-state index is 0.00302. The van der Waals surface area contributed by atoms with Gasteiger partial charge in [-0.3, -0.25) is 0 Å². The van der Waals surface area contributed by atoms with Crippen LogP contribution in [0.25, 0.3) is 11.0 Å². The number of benzene rings is 2. The Hall–Kier alpha value is -4.90. The van der Waals surface area contributed by atoms with Gasteiger partial charge in [0.15, 0.2) is 0 Å². The quantitative estimate of drug-likeness (QED) is 0.0855. The van der Waals surface area contributed by atoms with Crippen molar-refractivity contribution in [2.75, 3.05) is 6.61 Å². The summed E-state index contributed by atoms with van der Waals surface area (Å²) in [6.45, 7) is 41.7. The summed E-state index contributed by atoms with van der Waals surface area (Å²) in [7, 11) is 0. The molecule has 0 radical (unpaired) electrons. The minimum atomic E-state index is -0.247. The number of unbranched alkanes of at least 4 members (excludes halogenated alkanes) is 1. The zero-order chi connectivity index (χ0) is 47.7. The van der Waals surface area contributed by atoms with E-state index in [1.54, 1.807) is 0 Å². The summed E-state index contributed by atoms with van der Waals surface area (Å²) >= 11 is 0. The first-order chi connectivity index (χ1) is 30.5. The lowest BCUT2D eigenvalue weighted by Gasteiger charge is -2.42. The Bertz CT molecular complexity index is 2330. The predicted octanol–water partition coefficient (Wildman–Crippen LogP) is 15.3. The van der Waals surface area contributed by atoms with Gasteiger partial charge in [0.25, 0.3) is 6.71 Å². The molecule has 0 amide bonds. The monoisotopic (exact) mass is 875 g/mol. The Balaban J connectivity index is 1.77. The maximum Gasteiger partial charge on any atom is 0.279 e. The third kappa shape index (κ3) is 14.1. The normalized spacial score (nSPS) is 20.0. The Labute approximate surface area is 396 Å². The molecule has 0 saturated heterocycles. The predicted molar refractivity (Wildman–Crippen MR) is 284 cm³/mol. The lowest BCUT2D eigenvalue weighted by molar-refractivity contribution is 0.140. The summed E-state index contributed by atoms with van der Waals surface area (Å²) < 4.78 is 13.2. The Morgan fingerprint density at radius 2 is 1.66 bits per heavy atom. The van der Waals surface area contributed by atoms with Crippen LogP contribution < -0.4 is 21.0 Å². The van der Waals surface area contributed by atoms with E-state index < -0.39 is 0 Å². The van der Waals surface area contributed by atoms with Gasteiger partial charge in [0.2, 0.25) is 0 Å². The van der Waals surface area contributed by atoms with Crippen LogP contribution in [0, 0.1) is 34.0 Å². The molecule has 0 bridgehead atoms. The number of rotatable bonds is 16. The van der Waals surface area contributed by atoms with Gasteiger partial charge < -0.3 is 19.8 Å². The topological polar surface area (TPSA) is 46.4 Å². The number of hydrogen-bond donors (Lipinski definition) is 2. The van der Waals surface area contributed by atoms with E-state index in [0.717, 1.165) is 51.2 Å². The van der Waals surface area contributed by atoms with Crippen molar-refractivity contribution in [3.8, 4) is 5.75 Å². The van der Waals surface area contributed by atoms with Crippen molar-refractivity contribution >= 4 is 23.3 Å². The van der Waals surface area contributed by atoms with Crippen LogP contribution in [0.15, 0.2) is 161 Å². The fraction of sp³-hybridized carbons (Fsp3) is 0.467. The van der Waals surface area contributed by atoms with Gasteiger partial charge in [0.1, 0.15) is 17.9 Å². The van der Waals surface area contributed by atoms with E-state index >= 15 is 0 Å². The highest BCUT2D eigenvalue weighted by Gasteiger charge is 2.38. The van der Waals surface area contributed by atoms with E-state index in [2.05, 4.69) is 217 Å². The van der Waals surface area contributed by atoms with Crippen molar-refractivity contribution in [3.63, 3.8) is 0 Å². The molecule has 0 spiro atoms. The van der Waals surface area contributed by atoms with E-state index in [1.807, 2.05) is 12.1 Å². The first kappa shape index (κ1) is 51.1. The number of furan rings is 1. The first-order valence-electron chi connectivity index (χ1n) is 24.4. The molecule has 2 heterocycles. The molecule has 1 aliphatic heterocycles. The van der Waals surface area contributed by atoms with Crippen LogP contribution in [0.3, 0.4) is 0 Å². The molecular formula is C60H83BN2O2. The van der Waals surface area contributed by atoms with Gasteiger partial charge in [0.05, 0.1) is 5.66 Å². The van der Waals surface area contributed by atoms with Gasteiger partial charge in [-0.05, 0) is 123 Å². The van der Waals surface area contributed by atoms with Gasteiger partial charge in [-0.25, -0.2) is 0 Å². The molecule has 1 aromatic heterocycles. The number of allylic oxidation sites excluding steroid dienone is 10. The van der Waals surface area contributed by atoms with Crippen LogP contribution in [-0.4, -0.2) is 19.4 Å². The molecular weight excluding hydrogens is 791 g/mol.